The zero-order valence-corrected chi connectivity index (χ0v) is 19.4. The Morgan fingerprint density at radius 3 is 2.07 bits per heavy atom. The SMILES string of the molecule is [CH2]CCC[C@@H](C(=O)N(Cc1cccs1)Cc1cccs1)N(C)C(=O)OC(C)(C)C. The number of carbonyl (C=O) groups excluding carboxylic acids is 2. The fourth-order valence-corrected chi connectivity index (χ4v) is 4.32. The first kappa shape index (κ1) is 23.4. The van der Waals surface area contributed by atoms with Gasteiger partial charge in [0.15, 0.2) is 0 Å². The Kier molecular flexibility index (Phi) is 8.71. The van der Waals surface area contributed by atoms with Crippen LogP contribution in [0.15, 0.2) is 35.0 Å². The normalized spacial score (nSPS) is 12.4. The second-order valence-electron chi connectivity index (χ2n) is 7.96. The third kappa shape index (κ3) is 7.48. The monoisotopic (exact) mass is 435 g/mol. The molecule has 0 aliphatic carbocycles. The molecule has 0 aliphatic heterocycles. The third-order valence-electron chi connectivity index (χ3n) is 4.33. The molecule has 159 valence electrons. The lowest BCUT2D eigenvalue weighted by atomic mass is 10.1. The molecular formula is C22H31N2O3S2. The molecule has 2 amide bonds. The third-order valence-corrected chi connectivity index (χ3v) is 6.05. The van der Waals surface area contributed by atoms with E-state index in [1.165, 1.54) is 4.90 Å². The molecule has 2 aromatic rings. The van der Waals surface area contributed by atoms with Gasteiger partial charge in [0.1, 0.15) is 11.6 Å². The van der Waals surface area contributed by atoms with Gasteiger partial charge in [-0.15, -0.1) is 22.7 Å². The minimum absolute atomic E-state index is 0.0615. The van der Waals surface area contributed by atoms with Crippen molar-refractivity contribution in [1.29, 1.82) is 0 Å². The first-order valence-electron chi connectivity index (χ1n) is 9.80. The Labute approximate surface area is 182 Å². The van der Waals surface area contributed by atoms with Gasteiger partial charge in [0.05, 0.1) is 13.1 Å². The van der Waals surface area contributed by atoms with Crippen LogP contribution < -0.4 is 0 Å². The second kappa shape index (κ2) is 10.8. The standard InChI is InChI=1S/C22H31N2O3S2/c1-6-7-12-19(23(5)21(26)27-22(2,3)4)20(25)24(15-17-10-8-13-28-17)16-18-11-9-14-29-18/h8-11,13-14,19H,1,6-7,12,15-16H2,2-5H3/t19-/m0/s1. The van der Waals surface area contributed by atoms with Crippen molar-refractivity contribution in [1.82, 2.24) is 9.80 Å². The van der Waals surface area contributed by atoms with Crippen molar-refractivity contribution >= 4 is 34.7 Å². The Balaban J connectivity index is 2.23. The molecule has 1 radical (unpaired) electrons. The maximum absolute atomic E-state index is 13.6. The molecule has 2 aromatic heterocycles. The summed E-state index contributed by atoms with van der Waals surface area (Å²) in [6.07, 6.45) is 1.55. The first-order valence-corrected chi connectivity index (χ1v) is 11.6. The molecule has 0 aliphatic rings. The number of hydrogen-bond donors (Lipinski definition) is 0. The highest BCUT2D eigenvalue weighted by atomic mass is 32.1. The van der Waals surface area contributed by atoms with Crippen LogP contribution in [0.2, 0.25) is 0 Å². The fourth-order valence-electron chi connectivity index (χ4n) is 2.89. The van der Waals surface area contributed by atoms with Crippen molar-refractivity contribution in [2.75, 3.05) is 7.05 Å². The molecule has 0 saturated heterocycles. The summed E-state index contributed by atoms with van der Waals surface area (Å²) in [4.78, 5) is 31.7. The lowest BCUT2D eigenvalue weighted by Gasteiger charge is -2.33. The van der Waals surface area contributed by atoms with Crippen LogP contribution in [0.5, 0.6) is 0 Å². The van der Waals surface area contributed by atoms with Gasteiger partial charge >= 0.3 is 6.09 Å². The van der Waals surface area contributed by atoms with E-state index in [1.54, 1.807) is 29.7 Å². The van der Waals surface area contributed by atoms with E-state index in [4.69, 9.17) is 4.74 Å². The number of amides is 2. The van der Waals surface area contributed by atoms with Crippen molar-refractivity contribution < 1.29 is 14.3 Å². The van der Waals surface area contributed by atoms with E-state index in [2.05, 4.69) is 6.92 Å². The van der Waals surface area contributed by atoms with Crippen LogP contribution in [0.25, 0.3) is 0 Å². The van der Waals surface area contributed by atoms with Crippen LogP contribution in [0.3, 0.4) is 0 Å². The minimum atomic E-state index is -0.612. The lowest BCUT2D eigenvalue weighted by Crippen LogP contribution is -2.50. The van der Waals surface area contributed by atoms with Gasteiger partial charge < -0.3 is 9.64 Å². The molecule has 7 heteroatoms. The summed E-state index contributed by atoms with van der Waals surface area (Å²) >= 11 is 3.26. The molecule has 0 N–H and O–H groups in total. The molecule has 2 rings (SSSR count). The van der Waals surface area contributed by atoms with E-state index in [0.717, 1.165) is 16.2 Å². The Morgan fingerprint density at radius 2 is 1.66 bits per heavy atom. The highest BCUT2D eigenvalue weighted by Crippen LogP contribution is 2.21. The van der Waals surface area contributed by atoms with Crippen molar-refractivity contribution in [3.8, 4) is 0 Å². The number of likely N-dealkylation sites (N-methyl/N-ethyl adjacent to an activating group) is 1. The summed E-state index contributed by atoms with van der Waals surface area (Å²) in [5.74, 6) is -0.0615. The summed E-state index contributed by atoms with van der Waals surface area (Å²) in [6.45, 7) is 10.4. The maximum atomic E-state index is 13.6. The zero-order valence-electron chi connectivity index (χ0n) is 17.7. The fraction of sp³-hybridized carbons (Fsp3) is 0.500. The summed E-state index contributed by atoms with van der Waals surface area (Å²) in [6, 6.07) is 7.46. The van der Waals surface area contributed by atoms with Crippen LogP contribution in [0.1, 0.15) is 49.8 Å². The average molecular weight is 436 g/mol. The van der Waals surface area contributed by atoms with Gasteiger partial charge in [0.25, 0.3) is 0 Å². The Hall–Kier alpha value is -1.86. The number of ether oxygens (including phenoxy) is 1. The van der Waals surface area contributed by atoms with Gasteiger partial charge in [0, 0.05) is 16.8 Å². The number of rotatable bonds is 9. The Morgan fingerprint density at radius 1 is 1.10 bits per heavy atom. The maximum Gasteiger partial charge on any atom is 0.410 e. The van der Waals surface area contributed by atoms with Crippen LogP contribution in [0.4, 0.5) is 4.79 Å². The van der Waals surface area contributed by atoms with Crippen LogP contribution in [0, 0.1) is 6.92 Å². The molecule has 0 saturated carbocycles. The number of carbonyl (C=O) groups is 2. The molecule has 0 spiro atoms. The van der Waals surface area contributed by atoms with E-state index in [1.807, 2.05) is 60.7 Å². The molecule has 0 unspecified atom stereocenters. The van der Waals surface area contributed by atoms with Gasteiger partial charge in [-0.1, -0.05) is 31.9 Å². The molecule has 29 heavy (non-hydrogen) atoms. The number of hydrogen-bond acceptors (Lipinski definition) is 5. The van der Waals surface area contributed by atoms with E-state index in [9.17, 15) is 9.59 Å². The van der Waals surface area contributed by atoms with Crippen molar-refractivity contribution in [3.05, 3.63) is 51.7 Å². The van der Waals surface area contributed by atoms with Crippen molar-refractivity contribution in [2.24, 2.45) is 0 Å². The van der Waals surface area contributed by atoms with E-state index in [-0.39, 0.29) is 5.91 Å². The zero-order chi connectivity index (χ0) is 21.4. The molecule has 5 nitrogen and oxygen atoms in total. The lowest BCUT2D eigenvalue weighted by molar-refractivity contribution is -0.138. The molecule has 1 atom stereocenters. The average Bonchev–Trinajstić information content (AvgIpc) is 3.33. The van der Waals surface area contributed by atoms with Gasteiger partial charge in [-0.3, -0.25) is 9.69 Å². The predicted octanol–water partition coefficient (Wildman–Crippen LogP) is 5.58. The predicted molar refractivity (Wildman–Crippen MR) is 120 cm³/mol. The van der Waals surface area contributed by atoms with Crippen LogP contribution >= 0.6 is 22.7 Å². The van der Waals surface area contributed by atoms with E-state index < -0.39 is 17.7 Å². The minimum Gasteiger partial charge on any atom is -0.444 e. The van der Waals surface area contributed by atoms with Crippen molar-refractivity contribution in [2.45, 2.75) is 64.8 Å². The molecule has 0 bridgehead atoms. The quantitative estimate of drug-likeness (QED) is 0.517. The number of nitrogens with zero attached hydrogens (tertiary/aromatic N) is 2. The smallest absolute Gasteiger partial charge is 0.410 e. The highest BCUT2D eigenvalue weighted by Gasteiger charge is 2.33. The largest absolute Gasteiger partial charge is 0.444 e. The summed E-state index contributed by atoms with van der Waals surface area (Å²) in [5.41, 5.74) is -0.612. The number of unbranched alkanes of at least 4 members (excludes halogenated alkanes) is 1. The molecular weight excluding hydrogens is 404 g/mol. The van der Waals surface area contributed by atoms with Gasteiger partial charge in [0.2, 0.25) is 5.91 Å². The number of thiophene rings is 2. The first-order chi connectivity index (χ1) is 13.7. The van der Waals surface area contributed by atoms with E-state index >= 15 is 0 Å². The van der Waals surface area contributed by atoms with Crippen LogP contribution in [-0.2, 0) is 22.6 Å². The molecule has 0 fully saturated rings. The van der Waals surface area contributed by atoms with Gasteiger partial charge in [-0.05, 0) is 50.1 Å². The second-order valence-corrected chi connectivity index (χ2v) is 10.0. The summed E-state index contributed by atoms with van der Waals surface area (Å²) in [5, 5.41) is 4.02. The van der Waals surface area contributed by atoms with Crippen molar-refractivity contribution in [3.63, 3.8) is 0 Å². The van der Waals surface area contributed by atoms with Gasteiger partial charge in [-0.2, -0.15) is 0 Å². The molecule has 2 heterocycles. The topological polar surface area (TPSA) is 49.9 Å². The van der Waals surface area contributed by atoms with Crippen LogP contribution in [-0.4, -0.2) is 40.5 Å². The summed E-state index contributed by atoms with van der Waals surface area (Å²) < 4.78 is 5.51. The van der Waals surface area contributed by atoms with E-state index in [0.29, 0.717) is 25.9 Å². The Bertz CT molecular complexity index is 715. The highest BCUT2D eigenvalue weighted by molar-refractivity contribution is 7.10. The van der Waals surface area contributed by atoms with Gasteiger partial charge in [-0.25, -0.2) is 4.79 Å². The summed E-state index contributed by atoms with van der Waals surface area (Å²) in [7, 11) is 1.65. The molecule has 0 aromatic carbocycles.